The van der Waals surface area contributed by atoms with E-state index in [4.69, 9.17) is 0 Å². The molecule has 0 amide bonds. The molecule has 2 heterocycles. The van der Waals surface area contributed by atoms with E-state index < -0.39 is 0 Å². The lowest BCUT2D eigenvalue weighted by Crippen LogP contribution is -2.18. The zero-order valence-corrected chi connectivity index (χ0v) is 29.7. The lowest BCUT2D eigenvalue weighted by atomic mass is 9.81. The maximum atomic E-state index is 2.53. The van der Waals surface area contributed by atoms with Gasteiger partial charge >= 0.3 is 0 Å². The second-order valence-electron chi connectivity index (χ2n) is 14.9. The van der Waals surface area contributed by atoms with Gasteiger partial charge in [0.15, 0.2) is 0 Å². The SMILES string of the molecule is CC1(C)c2ccccc2-c2cccc(-n3c4ccccc4c4c3ccc3c5ccccc5n(-c5cccc(-c6cccc(-c7ccccc7)c6)c5)c34)c21. The van der Waals surface area contributed by atoms with Crippen molar-refractivity contribution in [2.75, 3.05) is 0 Å². The first-order valence-corrected chi connectivity index (χ1v) is 18.5. The van der Waals surface area contributed by atoms with Crippen LogP contribution >= 0.6 is 0 Å². The Kier molecular flexibility index (Phi) is 6.33. The minimum Gasteiger partial charge on any atom is -0.309 e. The number of fused-ring (bicyclic) bond motifs is 10. The van der Waals surface area contributed by atoms with Crippen LogP contribution in [0.2, 0.25) is 0 Å². The van der Waals surface area contributed by atoms with Crippen LogP contribution in [0.1, 0.15) is 25.0 Å². The zero-order chi connectivity index (χ0) is 35.3. The third-order valence-corrected chi connectivity index (χ3v) is 11.7. The number of hydrogen-bond donors (Lipinski definition) is 0. The first-order valence-electron chi connectivity index (χ1n) is 18.5. The van der Waals surface area contributed by atoms with Crippen LogP contribution in [-0.2, 0) is 5.41 Å². The van der Waals surface area contributed by atoms with Crippen LogP contribution < -0.4 is 0 Å². The largest absolute Gasteiger partial charge is 0.309 e. The monoisotopic (exact) mass is 676 g/mol. The van der Waals surface area contributed by atoms with Crippen LogP contribution in [0.5, 0.6) is 0 Å². The van der Waals surface area contributed by atoms with Gasteiger partial charge in [0.1, 0.15) is 0 Å². The van der Waals surface area contributed by atoms with Crippen LogP contribution in [0.25, 0.3) is 88.4 Å². The second-order valence-corrected chi connectivity index (χ2v) is 14.9. The molecule has 0 aliphatic heterocycles. The van der Waals surface area contributed by atoms with Gasteiger partial charge in [0, 0.05) is 32.6 Å². The van der Waals surface area contributed by atoms with Gasteiger partial charge < -0.3 is 9.13 Å². The highest BCUT2D eigenvalue weighted by Crippen LogP contribution is 2.52. The maximum absolute atomic E-state index is 2.53. The highest BCUT2D eigenvalue weighted by Gasteiger charge is 2.38. The molecule has 0 saturated carbocycles. The van der Waals surface area contributed by atoms with Crippen molar-refractivity contribution in [3.63, 3.8) is 0 Å². The molecule has 0 atom stereocenters. The fourth-order valence-electron chi connectivity index (χ4n) is 9.38. The van der Waals surface area contributed by atoms with Gasteiger partial charge in [-0.15, -0.1) is 0 Å². The number of para-hydroxylation sites is 2. The topological polar surface area (TPSA) is 9.86 Å². The molecule has 0 spiro atoms. The van der Waals surface area contributed by atoms with Crippen LogP contribution in [0, 0.1) is 0 Å². The molecule has 0 fully saturated rings. The van der Waals surface area contributed by atoms with Gasteiger partial charge in [0.05, 0.1) is 27.8 Å². The van der Waals surface area contributed by atoms with E-state index in [1.807, 2.05) is 0 Å². The molecule has 2 aromatic heterocycles. The third-order valence-electron chi connectivity index (χ3n) is 11.7. The summed E-state index contributed by atoms with van der Waals surface area (Å²) in [5.74, 6) is 0. The van der Waals surface area contributed by atoms with Gasteiger partial charge in [0.25, 0.3) is 0 Å². The summed E-state index contributed by atoms with van der Waals surface area (Å²) in [6.07, 6.45) is 0. The van der Waals surface area contributed by atoms with E-state index in [1.165, 1.54) is 93.8 Å². The molecule has 1 aliphatic rings. The third kappa shape index (κ3) is 4.27. The van der Waals surface area contributed by atoms with Crippen molar-refractivity contribution >= 4 is 43.6 Å². The molecule has 10 aromatic rings. The summed E-state index contributed by atoms with van der Waals surface area (Å²) in [6.45, 7) is 4.77. The van der Waals surface area contributed by atoms with Crippen molar-refractivity contribution in [2.45, 2.75) is 19.3 Å². The first kappa shape index (κ1) is 30.0. The summed E-state index contributed by atoms with van der Waals surface area (Å²) in [4.78, 5) is 0. The van der Waals surface area contributed by atoms with Gasteiger partial charge in [-0.1, -0.05) is 153 Å². The highest BCUT2D eigenvalue weighted by atomic mass is 15.0. The van der Waals surface area contributed by atoms with Crippen molar-refractivity contribution in [1.82, 2.24) is 9.13 Å². The highest BCUT2D eigenvalue weighted by molar-refractivity contribution is 6.26. The van der Waals surface area contributed by atoms with Crippen molar-refractivity contribution < 1.29 is 0 Å². The van der Waals surface area contributed by atoms with Crippen LogP contribution in [-0.4, -0.2) is 9.13 Å². The summed E-state index contributed by atoms with van der Waals surface area (Å²) < 4.78 is 5.04. The Morgan fingerprint density at radius 1 is 0.396 bits per heavy atom. The van der Waals surface area contributed by atoms with Crippen LogP contribution in [0.15, 0.2) is 182 Å². The standard InChI is InChI=1S/C51H36N2/c1-51(2)43-25-9-6-21-38(43)40-24-14-28-47(49(40)51)53-45-27-11-8-23-42(45)48-46(53)30-29-41-39-22-7-10-26-44(39)52(50(41)48)37-20-13-19-36(32-37)35-18-12-17-34(31-35)33-15-4-3-5-16-33/h3-32H,1-2H3. The summed E-state index contributed by atoms with van der Waals surface area (Å²) in [6, 6.07) is 67.0. The minimum absolute atomic E-state index is 0.141. The molecule has 1 aliphatic carbocycles. The molecule has 250 valence electrons. The Morgan fingerprint density at radius 3 is 1.83 bits per heavy atom. The van der Waals surface area contributed by atoms with E-state index in [9.17, 15) is 0 Å². The van der Waals surface area contributed by atoms with Gasteiger partial charge in [0.2, 0.25) is 0 Å². The molecule has 2 heteroatoms. The van der Waals surface area contributed by atoms with Crippen molar-refractivity contribution in [3.8, 4) is 44.8 Å². The molecule has 11 rings (SSSR count). The Hall–Kier alpha value is -6.64. The molecule has 0 radical (unpaired) electrons. The lowest BCUT2D eigenvalue weighted by molar-refractivity contribution is 0.656. The van der Waals surface area contributed by atoms with Gasteiger partial charge in [-0.25, -0.2) is 0 Å². The van der Waals surface area contributed by atoms with E-state index >= 15 is 0 Å². The van der Waals surface area contributed by atoms with Crippen molar-refractivity contribution in [3.05, 3.63) is 193 Å². The zero-order valence-electron chi connectivity index (χ0n) is 29.7. The minimum atomic E-state index is -0.141. The smallest absolute Gasteiger partial charge is 0.0641 e. The summed E-state index contributed by atoms with van der Waals surface area (Å²) in [5, 5.41) is 5.06. The molecule has 53 heavy (non-hydrogen) atoms. The molecule has 2 nitrogen and oxygen atoms in total. The molecule has 8 aromatic carbocycles. The maximum Gasteiger partial charge on any atom is 0.0641 e. The van der Waals surface area contributed by atoms with Crippen molar-refractivity contribution in [2.24, 2.45) is 0 Å². The van der Waals surface area contributed by atoms with Crippen molar-refractivity contribution in [1.29, 1.82) is 0 Å². The van der Waals surface area contributed by atoms with E-state index in [1.54, 1.807) is 0 Å². The summed E-state index contributed by atoms with van der Waals surface area (Å²) >= 11 is 0. The normalized spacial score (nSPS) is 13.2. The average molecular weight is 677 g/mol. The number of rotatable bonds is 4. The van der Waals surface area contributed by atoms with Crippen LogP contribution in [0.4, 0.5) is 0 Å². The number of hydrogen-bond acceptors (Lipinski definition) is 0. The average Bonchev–Trinajstić information content (AvgIpc) is 3.82. The van der Waals surface area contributed by atoms with Gasteiger partial charge in [-0.05, 0) is 87.0 Å². The van der Waals surface area contributed by atoms with Crippen LogP contribution in [0.3, 0.4) is 0 Å². The first-order chi connectivity index (χ1) is 26.1. The number of nitrogens with zero attached hydrogens (tertiary/aromatic N) is 2. The van der Waals surface area contributed by atoms with Gasteiger partial charge in [-0.3, -0.25) is 0 Å². The molecule has 0 unspecified atom stereocenters. The molecule has 0 saturated heterocycles. The summed E-state index contributed by atoms with van der Waals surface area (Å²) in [5.41, 5.74) is 17.4. The number of benzene rings is 8. The Balaban J connectivity index is 1.20. The predicted octanol–water partition coefficient (Wildman–Crippen LogP) is 13.5. The lowest BCUT2D eigenvalue weighted by Gasteiger charge is -2.25. The Morgan fingerprint density at radius 2 is 1.00 bits per heavy atom. The molecular formula is C51H36N2. The summed E-state index contributed by atoms with van der Waals surface area (Å²) in [7, 11) is 0. The van der Waals surface area contributed by atoms with E-state index in [0.717, 1.165) is 5.69 Å². The Labute approximate surface area is 308 Å². The molecule has 0 bridgehead atoms. The van der Waals surface area contributed by atoms with E-state index in [0.29, 0.717) is 0 Å². The quantitative estimate of drug-likeness (QED) is 0.176. The fraction of sp³-hybridized carbons (Fsp3) is 0.0588. The molecular weight excluding hydrogens is 641 g/mol. The number of aromatic nitrogens is 2. The second kappa shape index (κ2) is 11.2. The fourth-order valence-corrected chi connectivity index (χ4v) is 9.38. The Bertz CT molecular complexity index is 3080. The van der Waals surface area contributed by atoms with Gasteiger partial charge in [-0.2, -0.15) is 0 Å². The van der Waals surface area contributed by atoms with E-state index in [2.05, 4.69) is 205 Å². The van der Waals surface area contributed by atoms with E-state index in [-0.39, 0.29) is 5.41 Å². The predicted molar refractivity (Wildman–Crippen MR) is 224 cm³/mol. The molecule has 0 N–H and O–H groups in total.